The van der Waals surface area contributed by atoms with Gasteiger partial charge in [0.05, 0.1) is 33.9 Å². The minimum atomic E-state index is -4.66. The van der Waals surface area contributed by atoms with Crippen LogP contribution in [0.4, 0.5) is 17.6 Å². The van der Waals surface area contributed by atoms with Gasteiger partial charge in [-0.1, -0.05) is 0 Å². The Balaban J connectivity index is 1.56. The summed E-state index contributed by atoms with van der Waals surface area (Å²) in [5.74, 6) is -1.10. The van der Waals surface area contributed by atoms with Crippen molar-refractivity contribution in [3.8, 4) is 11.1 Å². The summed E-state index contributed by atoms with van der Waals surface area (Å²) >= 11 is 1.23. The fourth-order valence-electron chi connectivity index (χ4n) is 3.73. The van der Waals surface area contributed by atoms with Crippen molar-refractivity contribution < 1.29 is 27.1 Å². The first-order valence-electron chi connectivity index (χ1n) is 8.99. The van der Waals surface area contributed by atoms with E-state index >= 15 is 0 Å². The Labute approximate surface area is 166 Å². The lowest BCUT2D eigenvalue weighted by Gasteiger charge is -2.26. The van der Waals surface area contributed by atoms with E-state index in [0.29, 0.717) is 39.7 Å². The van der Waals surface area contributed by atoms with E-state index in [4.69, 9.17) is 4.74 Å². The van der Waals surface area contributed by atoms with Crippen molar-refractivity contribution in [2.45, 2.75) is 24.7 Å². The second kappa shape index (κ2) is 6.50. The minimum absolute atomic E-state index is 0.0702. The highest BCUT2D eigenvalue weighted by atomic mass is 32.1. The third kappa shape index (κ3) is 3.28. The Morgan fingerprint density at radius 3 is 2.83 bits per heavy atom. The first-order chi connectivity index (χ1) is 13.8. The molecule has 0 spiro atoms. The SMILES string of the molecule is O=C(c1cc2c(-c3cc(F)cc(C(F)(F)F)c3)cncc2s1)N1CCOC2CC21. The number of thiophene rings is 1. The highest BCUT2D eigenvalue weighted by Gasteiger charge is 2.48. The van der Waals surface area contributed by atoms with Crippen LogP contribution in [0.1, 0.15) is 21.7 Å². The Morgan fingerprint density at radius 2 is 2.03 bits per heavy atom. The van der Waals surface area contributed by atoms with Crippen LogP contribution >= 0.6 is 11.3 Å². The maximum absolute atomic E-state index is 13.9. The smallest absolute Gasteiger partial charge is 0.374 e. The molecule has 3 aromatic rings. The van der Waals surface area contributed by atoms with E-state index in [0.717, 1.165) is 18.6 Å². The molecule has 5 rings (SSSR count). The first kappa shape index (κ1) is 18.5. The summed E-state index contributed by atoms with van der Waals surface area (Å²) < 4.78 is 59.3. The highest BCUT2D eigenvalue weighted by molar-refractivity contribution is 7.20. The van der Waals surface area contributed by atoms with Crippen LogP contribution in [0.2, 0.25) is 0 Å². The second-order valence-corrected chi connectivity index (χ2v) is 8.23. The summed E-state index contributed by atoms with van der Waals surface area (Å²) in [4.78, 5) is 19.3. The van der Waals surface area contributed by atoms with Crippen molar-refractivity contribution >= 4 is 27.3 Å². The number of nitrogens with zero attached hydrogens (tertiary/aromatic N) is 2. The lowest BCUT2D eigenvalue weighted by Crippen LogP contribution is -2.40. The molecule has 2 atom stereocenters. The molecule has 0 bridgehead atoms. The molecular weight excluding hydrogens is 408 g/mol. The summed E-state index contributed by atoms with van der Waals surface area (Å²) in [6.45, 7) is 1.01. The molecule has 1 saturated heterocycles. The fourth-order valence-corrected chi connectivity index (χ4v) is 4.74. The lowest BCUT2D eigenvalue weighted by atomic mass is 10.0. The zero-order valence-electron chi connectivity index (χ0n) is 14.9. The van der Waals surface area contributed by atoms with Gasteiger partial charge in [-0.2, -0.15) is 13.2 Å². The molecule has 3 heterocycles. The van der Waals surface area contributed by atoms with Gasteiger partial charge >= 0.3 is 6.18 Å². The third-order valence-corrected chi connectivity index (χ3v) is 6.28. The molecule has 29 heavy (non-hydrogen) atoms. The highest BCUT2D eigenvalue weighted by Crippen LogP contribution is 2.39. The average molecular weight is 422 g/mol. The summed E-state index contributed by atoms with van der Waals surface area (Å²) in [5.41, 5.74) is -0.640. The minimum Gasteiger partial charge on any atom is -0.374 e. The molecule has 2 fully saturated rings. The summed E-state index contributed by atoms with van der Waals surface area (Å²) in [5, 5.41) is 0.577. The van der Waals surface area contributed by atoms with Gasteiger partial charge in [0.1, 0.15) is 5.82 Å². The van der Waals surface area contributed by atoms with Crippen LogP contribution in [0.3, 0.4) is 0 Å². The van der Waals surface area contributed by atoms with Crippen LogP contribution in [0.5, 0.6) is 0 Å². The summed E-state index contributed by atoms with van der Waals surface area (Å²) in [6, 6.07) is 4.16. The number of rotatable bonds is 2. The van der Waals surface area contributed by atoms with Gasteiger partial charge in [-0.05, 0) is 36.2 Å². The van der Waals surface area contributed by atoms with E-state index in [1.54, 1.807) is 17.2 Å². The Bertz CT molecular complexity index is 1130. The molecule has 1 aliphatic carbocycles. The van der Waals surface area contributed by atoms with Crippen LogP contribution in [0.25, 0.3) is 21.2 Å². The second-order valence-electron chi connectivity index (χ2n) is 7.15. The molecule has 1 aliphatic heterocycles. The monoisotopic (exact) mass is 422 g/mol. The zero-order valence-corrected chi connectivity index (χ0v) is 15.7. The van der Waals surface area contributed by atoms with Crippen molar-refractivity contribution in [3.05, 3.63) is 52.9 Å². The molecule has 0 N–H and O–H groups in total. The first-order valence-corrected chi connectivity index (χ1v) is 9.81. The maximum atomic E-state index is 13.9. The van der Waals surface area contributed by atoms with Crippen LogP contribution in [-0.2, 0) is 10.9 Å². The molecule has 2 aliphatic rings. The maximum Gasteiger partial charge on any atom is 0.416 e. The number of pyridine rings is 1. The molecule has 9 heteroatoms. The number of hydrogen-bond donors (Lipinski definition) is 0. The number of halogens is 4. The van der Waals surface area contributed by atoms with Gasteiger partial charge in [-0.15, -0.1) is 11.3 Å². The number of benzene rings is 1. The predicted octanol–water partition coefficient (Wildman–Crippen LogP) is 4.73. The van der Waals surface area contributed by atoms with Crippen LogP contribution in [-0.4, -0.2) is 41.1 Å². The number of morpholine rings is 1. The topological polar surface area (TPSA) is 42.4 Å². The van der Waals surface area contributed by atoms with Crippen LogP contribution in [0, 0.1) is 5.82 Å². The van der Waals surface area contributed by atoms with Gasteiger partial charge in [0, 0.05) is 29.9 Å². The number of hydrogen-bond acceptors (Lipinski definition) is 4. The van der Waals surface area contributed by atoms with Gasteiger partial charge in [0.2, 0.25) is 0 Å². The molecule has 2 aromatic heterocycles. The molecule has 1 saturated carbocycles. The number of aromatic nitrogens is 1. The van der Waals surface area contributed by atoms with E-state index in [1.807, 2.05) is 0 Å². The number of alkyl halides is 3. The van der Waals surface area contributed by atoms with Gasteiger partial charge in [0.25, 0.3) is 5.91 Å². The third-order valence-electron chi connectivity index (χ3n) is 5.22. The van der Waals surface area contributed by atoms with Crippen molar-refractivity contribution in [3.63, 3.8) is 0 Å². The quantitative estimate of drug-likeness (QED) is 0.561. The lowest BCUT2D eigenvalue weighted by molar-refractivity contribution is -0.137. The van der Waals surface area contributed by atoms with Gasteiger partial charge in [-0.25, -0.2) is 4.39 Å². The van der Waals surface area contributed by atoms with Gasteiger partial charge < -0.3 is 9.64 Å². The Hall–Kier alpha value is -2.52. The van der Waals surface area contributed by atoms with Crippen molar-refractivity contribution in [1.82, 2.24) is 9.88 Å². The number of carbonyl (C=O) groups excluding carboxylic acids is 1. The predicted molar refractivity (Wildman–Crippen MR) is 99.2 cm³/mol. The van der Waals surface area contributed by atoms with Crippen molar-refractivity contribution in [2.24, 2.45) is 0 Å². The molecule has 1 amide bonds. The molecular formula is C20H14F4N2O2S. The normalized spacial score (nSPS) is 21.3. The van der Waals surface area contributed by atoms with Crippen LogP contribution in [0.15, 0.2) is 36.7 Å². The zero-order chi connectivity index (χ0) is 20.3. The van der Waals surface area contributed by atoms with E-state index < -0.39 is 17.6 Å². The molecule has 1 aromatic carbocycles. The summed E-state index contributed by atoms with van der Waals surface area (Å²) in [7, 11) is 0. The largest absolute Gasteiger partial charge is 0.416 e. The summed E-state index contributed by atoms with van der Waals surface area (Å²) in [6.07, 6.45) is -0.779. The Kier molecular flexibility index (Phi) is 4.15. The molecule has 0 radical (unpaired) electrons. The van der Waals surface area contributed by atoms with Gasteiger partial charge in [-0.3, -0.25) is 9.78 Å². The number of ether oxygens (including phenoxy) is 1. The van der Waals surface area contributed by atoms with Gasteiger partial charge in [0.15, 0.2) is 0 Å². The van der Waals surface area contributed by atoms with Crippen molar-refractivity contribution in [1.29, 1.82) is 0 Å². The van der Waals surface area contributed by atoms with Crippen molar-refractivity contribution in [2.75, 3.05) is 13.2 Å². The number of fused-ring (bicyclic) bond motifs is 2. The van der Waals surface area contributed by atoms with E-state index in [-0.39, 0.29) is 23.6 Å². The van der Waals surface area contributed by atoms with E-state index in [2.05, 4.69) is 4.98 Å². The molecule has 2 unspecified atom stereocenters. The molecule has 150 valence electrons. The van der Waals surface area contributed by atoms with E-state index in [9.17, 15) is 22.4 Å². The standard InChI is InChI=1S/C20H14F4N2O2S/c21-12-4-10(3-11(5-12)20(22,23)24)14-8-25-9-18-13(14)6-17(29-18)19(27)26-1-2-28-16-7-15(16)26/h3-6,8-9,15-16H,1-2,7H2. The van der Waals surface area contributed by atoms with Crippen LogP contribution < -0.4 is 0 Å². The Morgan fingerprint density at radius 1 is 1.21 bits per heavy atom. The average Bonchev–Trinajstić information content (AvgIpc) is 3.34. The van der Waals surface area contributed by atoms with E-state index in [1.165, 1.54) is 17.5 Å². The number of carbonyl (C=O) groups is 1. The fraction of sp³-hybridized carbons (Fsp3) is 0.300. The number of amides is 1. The molecule has 4 nitrogen and oxygen atoms in total.